The van der Waals surface area contributed by atoms with Crippen LogP contribution in [-0.2, 0) is 6.54 Å². The maximum absolute atomic E-state index is 5.01. The molecule has 2 heterocycles. The van der Waals surface area contributed by atoms with E-state index in [2.05, 4.69) is 40.3 Å². The summed E-state index contributed by atoms with van der Waals surface area (Å²) in [7, 11) is 0. The molecule has 0 aromatic carbocycles. The summed E-state index contributed by atoms with van der Waals surface area (Å²) in [6, 6.07) is 0.567. The highest BCUT2D eigenvalue weighted by Crippen LogP contribution is 2.12. The second-order valence-electron chi connectivity index (χ2n) is 5.49. The van der Waals surface area contributed by atoms with Crippen molar-refractivity contribution in [3.8, 4) is 0 Å². The van der Waals surface area contributed by atoms with Gasteiger partial charge >= 0.3 is 0 Å². The Kier molecular flexibility index (Phi) is 5.10. The highest BCUT2D eigenvalue weighted by Gasteiger charge is 2.20. The van der Waals surface area contributed by atoms with Crippen molar-refractivity contribution in [2.24, 2.45) is 0 Å². The van der Waals surface area contributed by atoms with Crippen molar-refractivity contribution in [3.05, 3.63) is 23.4 Å². The Hall–Kier alpha value is -1.20. The summed E-state index contributed by atoms with van der Waals surface area (Å²) in [5.41, 5.74) is 1.36. The Balaban J connectivity index is 1.78. The lowest BCUT2D eigenvalue weighted by Gasteiger charge is -2.32. The van der Waals surface area contributed by atoms with Gasteiger partial charge in [-0.3, -0.25) is 4.90 Å². The van der Waals surface area contributed by atoms with Crippen molar-refractivity contribution in [1.82, 2.24) is 20.4 Å². The fraction of sp³-hybridized carbons (Fsp3) is 0.714. The molecule has 0 saturated carbocycles. The summed E-state index contributed by atoms with van der Waals surface area (Å²) in [5.74, 6) is 1.44. The second-order valence-corrected chi connectivity index (χ2v) is 5.49. The Morgan fingerprint density at radius 1 is 1.53 bits per heavy atom. The number of allylic oxidation sites excluding steroid dienone is 1. The van der Waals surface area contributed by atoms with Crippen molar-refractivity contribution in [3.63, 3.8) is 0 Å². The minimum absolute atomic E-state index is 0.567. The number of nitrogens with one attached hydrogen (secondary N) is 1. The number of nitrogens with zero attached hydrogens (tertiary/aromatic N) is 3. The third-order valence-corrected chi connectivity index (χ3v) is 3.36. The van der Waals surface area contributed by atoms with E-state index in [1.54, 1.807) is 0 Å². The molecule has 1 unspecified atom stereocenters. The first-order valence-corrected chi connectivity index (χ1v) is 7.02. The summed E-state index contributed by atoms with van der Waals surface area (Å²) in [4.78, 5) is 6.66. The maximum Gasteiger partial charge on any atom is 0.223 e. The highest BCUT2D eigenvalue weighted by molar-refractivity contribution is 4.95. The first-order valence-electron chi connectivity index (χ1n) is 7.02. The summed E-state index contributed by atoms with van der Waals surface area (Å²) < 4.78 is 5.01. The van der Waals surface area contributed by atoms with Crippen LogP contribution in [0.5, 0.6) is 0 Å². The lowest BCUT2D eigenvalue weighted by Crippen LogP contribution is -2.45. The quantitative estimate of drug-likeness (QED) is 0.823. The van der Waals surface area contributed by atoms with Gasteiger partial charge in [0.15, 0.2) is 5.82 Å². The van der Waals surface area contributed by atoms with Crippen LogP contribution in [0.3, 0.4) is 0 Å². The van der Waals surface area contributed by atoms with Crippen LogP contribution < -0.4 is 5.32 Å². The van der Waals surface area contributed by atoms with Gasteiger partial charge in [0.2, 0.25) is 5.89 Å². The van der Waals surface area contributed by atoms with Crippen LogP contribution in [0.15, 0.2) is 16.2 Å². The van der Waals surface area contributed by atoms with Gasteiger partial charge in [-0.2, -0.15) is 4.98 Å². The molecule has 0 bridgehead atoms. The van der Waals surface area contributed by atoms with Gasteiger partial charge in [-0.15, -0.1) is 0 Å². The van der Waals surface area contributed by atoms with Gasteiger partial charge in [0.25, 0.3) is 0 Å². The van der Waals surface area contributed by atoms with E-state index < -0.39 is 0 Å². The SMILES string of the molecule is CC(C)=CCNC1CCCN(Cc2noc(C)n2)C1. The molecular formula is C14H24N4O. The predicted octanol–water partition coefficient (Wildman–Crippen LogP) is 1.90. The Morgan fingerprint density at radius 2 is 2.37 bits per heavy atom. The molecule has 1 aromatic rings. The minimum atomic E-state index is 0.567. The topological polar surface area (TPSA) is 54.2 Å². The molecular weight excluding hydrogens is 240 g/mol. The van der Waals surface area contributed by atoms with E-state index in [9.17, 15) is 0 Å². The molecule has 106 valence electrons. The van der Waals surface area contributed by atoms with Gasteiger partial charge in [0, 0.05) is 26.1 Å². The fourth-order valence-corrected chi connectivity index (χ4v) is 2.40. The molecule has 2 rings (SSSR count). The predicted molar refractivity (Wildman–Crippen MR) is 74.8 cm³/mol. The first kappa shape index (κ1) is 14.2. The molecule has 1 aromatic heterocycles. The van der Waals surface area contributed by atoms with Gasteiger partial charge in [0.1, 0.15) is 0 Å². The third kappa shape index (κ3) is 4.76. The van der Waals surface area contributed by atoms with E-state index in [0.29, 0.717) is 11.9 Å². The average molecular weight is 264 g/mol. The van der Waals surface area contributed by atoms with Crippen molar-refractivity contribution in [2.75, 3.05) is 19.6 Å². The Morgan fingerprint density at radius 3 is 3.05 bits per heavy atom. The molecule has 1 fully saturated rings. The van der Waals surface area contributed by atoms with Crippen LogP contribution in [0.4, 0.5) is 0 Å². The lowest BCUT2D eigenvalue weighted by molar-refractivity contribution is 0.180. The zero-order valence-electron chi connectivity index (χ0n) is 12.1. The second kappa shape index (κ2) is 6.82. The molecule has 0 spiro atoms. The maximum atomic E-state index is 5.01. The normalized spacial score (nSPS) is 20.5. The van der Waals surface area contributed by atoms with Crippen molar-refractivity contribution in [2.45, 2.75) is 46.2 Å². The number of hydrogen-bond acceptors (Lipinski definition) is 5. The smallest absolute Gasteiger partial charge is 0.223 e. The number of aryl methyl sites for hydroxylation is 1. The number of aromatic nitrogens is 2. The molecule has 1 aliphatic heterocycles. The number of rotatable bonds is 5. The summed E-state index contributed by atoms with van der Waals surface area (Å²) >= 11 is 0. The van der Waals surface area contributed by atoms with E-state index in [1.807, 2.05) is 6.92 Å². The van der Waals surface area contributed by atoms with Crippen LogP contribution in [0.2, 0.25) is 0 Å². The van der Waals surface area contributed by atoms with Gasteiger partial charge in [-0.1, -0.05) is 16.8 Å². The van der Waals surface area contributed by atoms with Gasteiger partial charge in [0.05, 0.1) is 6.54 Å². The fourth-order valence-electron chi connectivity index (χ4n) is 2.40. The highest BCUT2D eigenvalue weighted by atomic mass is 16.5. The van der Waals surface area contributed by atoms with Crippen molar-refractivity contribution >= 4 is 0 Å². The first-order chi connectivity index (χ1) is 9.13. The molecule has 1 aliphatic rings. The van der Waals surface area contributed by atoms with Crippen LogP contribution in [0.25, 0.3) is 0 Å². The van der Waals surface area contributed by atoms with Crippen LogP contribution in [0.1, 0.15) is 38.4 Å². The van der Waals surface area contributed by atoms with Crippen molar-refractivity contribution < 1.29 is 4.52 Å². The van der Waals surface area contributed by atoms with E-state index in [0.717, 1.165) is 32.0 Å². The minimum Gasteiger partial charge on any atom is -0.340 e. The lowest BCUT2D eigenvalue weighted by atomic mass is 10.1. The van der Waals surface area contributed by atoms with Gasteiger partial charge < -0.3 is 9.84 Å². The molecule has 5 heteroatoms. The Labute approximate surface area is 115 Å². The molecule has 1 saturated heterocycles. The molecule has 5 nitrogen and oxygen atoms in total. The number of piperidine rings is 1. The molecule has 0 amide bonds. The largest absolute Gasteiger partial charge is 0.340 e. The number of hydrogen-bond donors (Lipinski definition) is 1. The number of likely N-dealkylation sites (tertiary alicyclic amines) is 1. The van der Waals surface area contributed by atoms with E-state index in [-0.39, 0.29) is 0 Å². The third-order valence-electron chi connectivity index (χ3n) is 3.36. The summed E-state index contributed by atoms with van der Waals surface area (Å²) in [6.45, 7) is 10.0. The monoisotopic (exact) mass is 264 g/mol. The molecule has 0 aliphatic carbocycles. The van der Waals surface area contributed by atoms with Crippen LogP contribution in [-0.4, -0.2) is 40.7 Å². The zero-order valence-corrected chi connectivity index (χ0v) is 12.1. The zero-order chi connectivity index (χ0) is 13.7. The summed E-state index contributed by atoms with van der Waals surface area (Å²) in [5, 5.41) is 7.55. The van der Waals surface area contributed by atoms with Gasteiger partial charge in [-0.05, 0) is 33.2 Å². The van der Waals surface area contributed by atoms with E-state index in [1.165, 1.54) is 18.4 Å². The average Bonchev–Trinajstić information content (AvgIpc) is 2.75. The van der Waals surface area contributed by atoms with Crippen LogP contribution >= 0.6 is 0 Å². The molecule has 1 atom stereocenters. The molecule has 1 N–H and O–H groups in total. The van der Waals surface area contributed by atoms with Gasteiger partial charge in [-0.25, -0.2) is 0 Å². The van der Waals surface area contributed by atoms with E-state index >= 15 is 0 Å². The van der Waals surface area contributed by atoms with Crippen LogP contribution in [0, 0.1) is 6.92 Å². The van der Waals surface area contributed by atoms with Crippen molar-refractivity contribution in [1.29, 1.82) is 0 Å². The molecule has 0 radical (unpaired) electrons. The summed E-state index contributed by atoms with van der Waals surface area (Å²) in [6.07, 6.45) is 4.71. The standard InChI is InChI=1S/C14H24N4O/c1-11(2)6-7-15-13-5-4-8-18(9-13)10-14-16-12(3)19-17-14/h6,13,15H,4-5,7-10H2,1-3H3. The molecule has 19 heavy (non-hydrogen) atoms. The van der Waals surface area contributed by atoms with E-state index in [4.69, 9.17) is 4.52 Å². The Bertz CT molecular complexity index is 423.